The first-order chi connectivity index (χ1) is 15.5. The van der Waals surface area contributed by atoms with Gasteiger partial charge in [-0.05, 0) is 43.2 Å². The molecule has 0 atom stereocenters. The summed E-state index contributed by atoms with van der Waals surface area (Å²) in [5, 5.41) is 9.66. The summed E-state index contributed by atoms with van der Waals surface area (Å²) in [5.41, 5.74) is 5.18. The third kappa shape index (κ3) is 5.15. The Kier molecular flexibility index (Phi) is 6.52. The van der Waals surface area contributed by atoms with Crippen LogP contribution in [0.4, 0.5) is 0 Å². The highest BCUT2D eigenvalue weighted by Crippen LogP contribution is 2.37. The van der Waals surface area contributed by atoms with Gasteiger partial charge in [0.2, 0.25) is 0 Å². The minimum Gasteiger partial charge on any atom is -0.486 e. The van der Waals surface area contributed by atoms with Crippen molar-refractivity contribution in [3.05, 3.63) is 88.9 Å². The molecule has 1 N–H and O–H groups in total. The minimum absolute atomic E-state index is 0.338. The first-order valence-electron chi connectivity index (χ1n) is 10.2. The van der Waals surface area contributed by atoms with Crippen LogP contribution in [-0.4, -0.2) is 22.7 Å². The Bertz CT molecular complexity index is 1220. The van der Waals surface area contributed by atoms with Gasteiger partial charge in [0.25, 0.3) is 0 Å². The van der Waals surface area contributed by atoms with Gasteiger partial charge in [-0.25, -0.2) is 9.78 Å². The fourth-order valence-electron chi connectivity index (χ4n) is 3.28. The van der Waals surface area contributed by atoms with Crippen LogP contribution < -0.4 is 9.47 Å². The quantitative estimate of drug-likeness (QED) is 0.353. The lowest BCUT2D eigenvalue weighted by Crippen LogP contribution is -2.10. The van der Waals surface area contributed by atoms with E-state index in [0.717, 1.165) is 32.3 Å². The van der Waals surface area contributed by atoms with E-state index in [1.807, 2.05) is 31.2 Å². The van der Waals surface area contributed by atoms with E-state index in [0.29, 0.717) is 18.1 Å². The zero-order valence-corrected chi connectivity index (χ0v) is 18.7. The van der Waals surface area contributed by atoms with E-state index in [1.165, 1.54) is 5.56 Å². The van der Waals surface area contributed by atoms with Gasteiger partial charge in [0.05, 0.1) is 10.6 Å². The third-order valence-electron chi connectivity index (χ3n) is 4.89. The molecule has 0 radical (unpaired) electrons. The number of aliphatic carboxylic acids is 1. The Labute approximate surface area is 190 Å². The van der Waals surface area contributed by atoms with E-state index < -0.39 is 5.97 Å². The summed E-state index contributed by atoms with van der Waals surface area (Å²) in [6.45, 7) is 3.90. The van der Waals surface area contributed by atoms with Crippen molar-refractivity contribution in [2.45, 2.75) is 20.5 Å². The molecule has 0 amide bonds. The third-order valence-corrected chi connectivity index (χ3v) is 5.97. The molecule has 0 saturated carbocycles. The molecule has 32 heavy (non-hydrogen) atoms. The number of benzene rings is 3. The summed E-state index contributed by atoms with van der Waals surface area (Å²) in [7, 11) is 0. The summed E-state index contributed by atoms with van der Waals surface area (Å²) in [5.74, 6) is 0.202. The predicted octanol–water partition coefficient (Wildman–Crippen LogP) is 6.14. The number of aryl methyl sites for hydroxylation is 2. The minimum atomic E-state index is -1.01. The molecule has 1 aromatic heterocycles. The second kappa shape index (κ2) is 9.66. The predicted molar refractivity (Wildman–Crippen MR) is 126 cm³/mol. The summed E-state index contributed by atoms with van der Waals surface area (Å²) in [4.78, 5) is 16.7. The van der Waals surface area contributed by atoms with E-state index in [-0.39, 0.29) is 6.61 Å². The molecular formula is C26H23NO4S. The van der Waals surface area contributed by atoms with Crippen LogP contribution in [0.25, 0.3) is 21.7 Å². The molecule has 0 unspecified atom stereocenters. The average molecular weight is 446 g/mol. The van der Waals surface area contributed by atoms with Crippen LogP contribution in [-0.2, 0) is 11.4 Å². The second-order valence-electron chi connectivity index (χ2n) is 7.42. The van der Waals surface area contributed by atoms with Gasteiger partial charge < -0.3 is 14.6 Å². The monoisotopic (exact) mass is 445 g/mol. The van der Waals surface area contributed by atoms with Crippen molar-refractivity contribution < 1.29 is 19.4 Å². The van der Waals surface area contributed by atoms with Crippen molar-refractivity contribution in [3.8, 4) is 33.2 Å². The normalized spacial score (nSPS) is 10.7. The first kappa shape index (κ1) is 21.6. The summed E-state index contributed by atoms with van der Waals surface area (Å²) < 4.78 is 11.3. The maximum absolute atomic E-state index is 10.7. The molecule has 162 valence electrons. The summed E-state index contributed by atoms with van der Waals surface area (Å²) in [6, 6.07) is 24.0. The zero-order valence-electron chi connectivity index (χ0n) is 17.9. The van der Waals surface area contributed by atoms with Crippen LogP contribution in [0.3, 0.4) is 0 Å². The van der Waals surface area contributed by atoms with Crippen molar-refractivity contribution in [2.75, 3.05) is 6.61 Å². The maximum atomic E-state index is 10.7. The zero-order chi connectivity index (χ0) is 22.5. The van der Waals surface area contributed by atoms with Crippen LogP contribution in [0.1, 0.15) is 16.1 Å². The van der Waals surface area contributed by atoms with Crippen LogP contribution in [0.2, 0.25) is 0 Å². The lowest BCUT2D eigenvalue weighted by atomic mass is 10.1. The molecule has 0 bridgehead atoms. The number of thiazole rings is 1. The van der Waals surface area contributed by atoms with Crippen molar-refractivity contribution in [1.82, 2.24) is 4.98 Å². The molecule has 0 saturated heterocycles. The van der Waals surface area contributed by atoms with Gasteiger partial charge >= 0.3 is 5.97 Å². The van der Waals surface area contributed by atoms with Crippen molar-refractivity contribution in [1.29, 1.82) is 0 Å². The Morgan fingerprint density at radius 3 is 2.38 bits per heavy atom. The van der Waals surface area contributed by atoms with Crippen LogP contribution in [0.5, 0.6) is 11.5 Å². The molecule has 0 fully saturated rings. The highest BCUT2D eigenvalue weighted by atomic mass is 32.1. The molecule has 3 aromatic carbocycles. The number of aromatic nitrogens is 1. The molecular weight excluding hydrogens is 422 g/mol. The van der Waals surface area contributed by atoms with E-state index in [1.54, 1.807) is 23.5 Å². The van der Waals surface area contributed by atoms with Gasteiger partial charge in [-0.15, -0.1) is 11.3 Å². The number of nitrogens with zero attached hydrogens (tertiary/aromatic N) is 1. The first-order valence-corrected chi connectivity index (χ1v) is 11.0. The van der Waals surface area contributed by atoms with Crippen LogP contribution in [0.15, 0.2) is 72.8 Å². The maximum Gasteiger partial charge on any atom is 0.341 e. The average Bonchev–Trinajstić information content (AvgIpc) is 3.22. The molecule has 0 aliphatic heterocycles. The molecule has 4 aromatic rings. The molecule has 0 aliphatic carbocycles. The molecule has 1 heterocycles. The topological polar surface area (TPSA) is 68.7 Å². The number of carboxylic acid groups (broad SMARTS) is 1. The number of carboxylic acids is 1. The largest absolute Gasteiger partial charge is 0.486 e. The van der Waals surface area contributed by atoms with Crippen molar-refractivity contribution in [3.63, 3.8) is 0 Å². The highest BCUT2D eigenvalue weighted by Gasteiger charge is 2.15. The van der Waals surface area contributed by atoms with E-state index in [2.05, 4.69) is 43.3 Å². The van der Waals surface area contributed by atoms with Crippen LogP contribution in [0, 0.1) is 13.8 Å². The summed E-state index contributed by atoms with van der Waals surface area (Å²) >= 11 is 1.62. The molecule has 0 spiro atoms. The Morgan fingerprint density at radius 2 is 1.69 bits per heavy atom. The van der Waals surface area contributed by atoms with E-state index in [4.69, 9.17) is 19.6 Å². The Hall–Kier alpha value is -3.64. The second-order valence-corrected chi connectivity index (χ2v) is 8.50. The van der Waals surface area contributed by atoms with Gasteiger partial charge in [0.15, 0.2) is 6.61 Å². The molecule has 6 heteroatoms. The van der Waals surface area contributed by atoms with E-state index >= 15 is 0 Å². The van der Waals surface area contributed by atoms with Gasteiger partial charge in [0, 0.05) is 5.56 Å². The smallest absolute Gasteiger partial charge is 0.341 e. The fourth-order valence-corrected chi connectivity index (χ4v) is 4.28. The highest BCUT2D eigenvalue weighted by molar-refractivity contribution is 7.15. The SMILES string of the molecule is Cc1ccc(-c2nc(COc3ccc(OCC(=O)O)c(C)c3)sc2-c2ccccc2)cc1. The van der Waals surface area contributed by atoms with Crippen molar-refractivity contribution in [2.24, 2.45) is 0 Å². The number of hydrogen-bond donors (Lipinski definition) is 1. The van der Waals surface area contributed by atoms with Gasteiger partial charge in [-0.3, -0.25) is 0 Å². The molecule has 4 rings (SSSR count). The van der Waals surface area contributed by atoms with E-state index in [9.17, 15) is 4.79 Å². The Morgan fingerprint density at radius 1 is 0.938 bits per heavy atom. The fraction of sp³-hybridized carbons (Fsp3) is 0.154. The Balaban J connectivity index is 1.56. The lowest BCUT2D eigenvalue weighted by Gasteiger charge is -2.09. The standard InChI is InChI=1S/C26H23NO4S/c1-17-8-10-19(11-9-17)25-26(20-6-4-3-5-7-20)32-23(27-25)15-30-21-12-13-22(18(2)14-21)31-16-24(28)29/h3-14H,15-16H2,1-2H3,(H,28,29). The van der Waals surface area contributed by atoms with Crippen molar-refractivity contribution >= 4 is 17.3 Å². The van der Waals surface area contributed by atoms with Crippen LogP contribution >= 0.6 is 11.3 Å². The lowest BCUT2D eigenvalue weighted by molar-refractivity contribution is -0.139. The molecule has 5 nitrogen and oxygen atoms in total. The molecule has 0 aliphatic rings. The number of hydrogen-bond acceptors (Lipinski definition) is 5. The van der Waals surface area contributed by atoms with Gasteiger partial charge in [-0.1, -0.05) is 60.2 Å². The number of rotatable bonds is 8. The van der Waals surface area contributed by atoms with Gasteiger partial charge in [-0.2, -0.15) is 0 Å². The number of ether oxygens (including phenoxy) is 2. The number of carbonyl (C=O) groups is 1. The summed E-state index contributed by atoms with van der Waals surface area (Å²) in [6.07, 6.45) is 0. The van der Waals surface area contributed by atoms with Gasteiger partial charge in [0.1, 0.15) is 23.1 Å².